The zero-order valence-electron chi connectivity index (χ0n) is 19.0. The molecule has 0 bridgehead atoms. The quantitative estimate of drug-likeness (QED) is 0.429. The van der Waals surface area contributed by atoms with Gasteiger partial charge in [-0.1, -0.05) is 29.8 Å². The molecule has 3 aromatic carbocycles. The summed E-state index contributed by atoms with van der Waals surface area (Å²) in [5.41, 5.74) is 4.79. The van der Waals surface area contributed by atoms with E-state index >= 15 is 0 Å². The number of hydrogen-bond acceptors (Lipinski definition) is 4. The lowest BCUT2D eigenvalue weighted by Gasteiger charge is -2.13. The number of benzene rings is 3. The fraction of sp³-hybridized carbons (Fsp3) is 0.240. The van der Waals surface area contributed by atoms with Gasteiger partial charge in [0.05, 0.1) is 11.6 Å². The van der Waals surface area contributed by atoms with Crippen LogP contribution < -0.4 is 14.8 Å². The maximum absolute atomic E-state index is 12.9. The van der Waals surface area contributed by atoms with Gasteiger partial charge in [0, 0.05) is 11.3 Å². The summed E-state index contributed by atoms with van der Waals surface area (Å²) in [6.45, 7) is 8.37. The highest BCUT2D eigenvalue weighted by molar-refractivity contribution is 7.92. The molecule has 33 heavy (non-hydrogen) atoms. The Labute approximate surface area is 200 Å². The molecule has 0 saturated carbocycles. The summed E-state index contributed by atoms with van der Waals surface area (Å²) >= 11 is 6.16. The molecule has 0 aliphatic rings. The summed E-state index contributed by atoms with van der Waals surface area (Å²) < 4.78 is 34.1. The van der Waals surface area contributed by atoms with E-state index in [1.807, 2.05) is 52.0 Å². The molecule has 0 saturated heterocycles. The Morgan fingerprint density at radius 2 is 1.70 bits per heavy atom. The van der Waals surface area contributed by atoms with Crippen molar-refractivity contribution >= 4 is 33.2 Å². The van der Waals surface area contributed by atoms with Gasteiger partial charge in [-0.25, -0.2) is 8.42 Å². The van der Waals surface area contributed by atoms with Crippen LogP contribution in [-0.2, 0) is 10.0 Å². The molecular formula is C25H27ClN2O4S. The van der Waals surface area contributed by atoms with Crippen LogP contribution in [0.3, 0.4) is 0 Å². The largest absolute Gasteiger partial charge is 0.491 e. The van der Waals surface area contributed by atoms with Gasteiger partial charge in [-0.2, -0.15) is 0 Å². The topological polar surface area (TPSA) is 84.5 Å². The molecule has 0 spiro atoms. The van der Waals surface area contributed by atoms with E-state index in [1.165, 1.54) is 18.2 Å². The average Bonchev–Trinajstić information content (AvgIpc) is 2.76. The van der Waals surface area contributed by atoms with Crippen molar-refractivity contribution < 1.29 is 17.9 Å². The first-order valence-corrected chi connectivity index (χ1v) is 12.3. The molecule has 0 aliphatic heterocycles. The van der Waals surface area contributed by atoms with E-state index in [0.29, 0.717) is 5.69 Å². The summed E-state index contributed by atoms with van der Waals surface area (Å²) in [5, 5.41) is 2.77. The average molecular weight is 487 g/mol. The monoisotopic (exact) mass is 486 g/mol. The fourth-order valence-corrected chi connectivity index (χ4v) is 4.75. The highest BCUT2D eigenvalue weighted by Gasteiger charge is 2.20. The minimum Gasteiger partial charge on any atom is -0.491 e. The standard InChI is InChI=1S/C25H27ClN2O4S/c1-16-8-10-21(14-18(16)3)28-33(30,31)24-15-20(9-11-22(24)26)25(29)27-12-13-32-23-7-5-6-17(2)19(23)4/h5-11,14-15,28H,12-13H2,1-4H3,(H,27,29). The highest BCUT2D eigenvalue weighted by Crippen LogP contribution is 2.26. The molecule has 0 radical (unpaired) electrons. The number of amides is 1. The van der Waals surface area contributed by atoms with Gasteiger partial charge >= 0.3 is 0 Å². The van der Waals surface area contributed by atoms with Crippen molar-refractivity contribution in [3.05, 3.63) is 87.4 Å². The Bertz CT molecular complexity index is 1290. The van der Waals surface area contributed by atoms with Crippen LogP contribution in [0.2, 0.25) is 5.02 Å². The van der Waals surface area contributed by atoms with Crippen LogP contribution in [0.1, 0.15) is 32.6 Å². The molecule has 1 amide bonds. The molecule has 6 nitrogen and oxygen atoms in total. The molecule has 8 heteroatoms. The van der Waals surface area contributed by atoms with Gasteiger partial charge in [0.1, 0.15) is 17.3 Å². The highest BCUT2D eigenvalue weighted by atomic mass is 35.5. The minimum atomic E-state index is -3.99. The molecular weight excluding hydrogens is 460 g/mol. The Morgan fingerprint density at radius 1 is 0.939 bits per heavy atom. The summed E-state index contributed by atoms with van der Waals surface area (Å²) in [7, 11) is -3.99. The predicted octanol–water partition coefficient (Wildman–Crippen LogP) is 5.18. The number of aryl methyl sites for hydroxylation is 3. The van der Waals surface area contributed by atoms with Crippen LogP contribution in [-0.4, -0.2) is 27.5 Å². The van der Waals surface area contributed by atoms with E-state index in [9.17, 15) is 13.2 Å². The van der Waals surface area contributed by atoms with Crippen LogP contribution in [0.15, 0.2) is 59.5 Å². The lowest BCUT2D eigenvalue weighted by atomic mass is 10.1. The Hall–Kier alpha value is -3.03. The zero-order valence-corrected chi connectivity index (χ0v) is 20.6. The van der Waals surface area contributed by atoms with Crippen molar-refractivity contribution in [2.24, 2.45) is 0 Å². The SMILES string of the molecule is Cc1ccc(NS(=O)(=O)c2cc(C(=O)NCCOc3cccc(C)c3C)ccc2Cl)cc1C. The summed E-state index contributed by atoms with van der Waals surface area (Å²) in [6, 6.07) is 15.2. The third-order valence-electron chi connectivity index (χ3n) is 5.44. The normalized spacial score (nSPS) is 11.2. The lowest BCUT2D eigenvalue weighted by Crippen LogP contribution is -2.28. The molecule has 0 aromatic heterocycles. The second kappa shape index (κ2) is 10.3. The van der Waals surface area contributed by atoms with Crippen molar-refractivity contribution in [1.29, 1.82) is 0 Å². The number of ether oxygens (including phenoxy) is 1. The van der Waals surface area contributed by atoms with Gasteiger partial charge in [0.15, 0.2) is 0 Å². The van der Waals surface area contributed by atoms with Crippen LogP contribution in [0.5, 0.6) is 5.75 Å². The van der Waals surface area contributed by atoms with Crippen molar-refractivity contribution in [3.8, 4) is 5.75 Å². The third-order valence-corrected chi connectivity index (χ3v) is 7.31. The fourth-order valence-electron chi connectivity index (χ4n) is 3.17. The van der Waals surface area contributed by atoms with Crippen molar-refractivity contribution in [3.63, 3.8) is 0 Å². The lowest BCUT2D eigenvalue weighted by molar-refractivity contribution is 0.0946. The summed E-state index contributed by atoms with van der Waals surface area (Å²) in [5.74, 6) is 0.348. The van der Waals surface area contributed by atoms with Gasteiger partial charge in [-0.3, -0.25) is 9.52 Å². The number of nitrogens with one attached hydrogen (secondary N) is 2. The van der Waals surface area contributed by atoms with Gasteiger partial charge in [0.25, 0.3) is 15.9 Å². The Kier molecular flexibility index (Phi) is 7.66. The first kappa shape index (κ1) is 24.6. The first-order chi connectivity index (χ1) is 15.6. The molecule has 0 aliphatic carbocycles. The molecule has 0 heterocycles. The predicted molar refractivity (Wildman–Crippen MR) is 132 cm³/mol. The summed E-state index contributed by atoms with van der Waals surface area (Å²) in [6.07, 6.45) is 0. The molecule has 0 fully saturated rings. The first-order valence-electron chi connectivity index (χ1n) is 10.5. The van der Waals surface area contributed by atoms with Crippen molar-refractivity contribution in [2.45, 2.75) is 32.6 Å². The van der Waals surface area contributed by atoms with Crippen LogP contribution in [0.25, 0.3) is 0 Å². The minimum absolute atomic E-state index is 0.0288. The molecule has 0 unspecified atom stereocenters. The third kappa shape index (κ3) is 6.06. The van der Waals surface area contributed by atoms with E-state index < -0.39 is 15.9 Å². The maximum Gasteiger partial charge on any atom is 0.263 e. The number of hydrogen-bond donors (Lipinski definition) is 2. The zero-order chi connectivity index (χ0) is 24.2. The number of rotatable bonds is 8. The molecule has 174 valence electrons. The molecule has 2 N–H and O–H groups in total. The second-order valence-electron chi connectivity index (χ2n) is 7.85. The van der Waals surface area contributed by atoms with Gasteiger partial charge in [-0.15, -0.1) is 0 Å². The number of sulfonamides is 1. The summed E-state index contributed by atoms with van der Waals surface area (Å²) in [4.78, 5) is 12.4. The maximum atomic E-state index is 12.9. The van der Waals surface area contributed by atoms with E-state index in [1.54, 1.807) is 12.1 Å². The molecule has 0 atom stereocenters. The Balaban J connectivity index is 1.67. The Morgan fingerprint density at radius 3 is 2.42 bits per heavy atom. The van der Waals surface area contributed by atoms with Gasteiger partial charge < -0.3 is 10.1 Å². The smallest absolute Gasteiger partial charge is 0.263 e. The van der Waals surface area contributed by atoms with E-state index in [0.717, 1.165) is 28.0 Å². The number of carbonyl (C=O) groups excluding carboxylic acids is 1. The molecule has 3 aromatic rings. The molecule has 3 rings (SSSR count). The van der Waals surface area contributed by atoms with Gasteiger partial charge in [0.2, 0.25) is 0 Å². The van der Waals surface area contributed by atoms with E-state index in [-0.39, 0.29) is 28.6 Å². The van der Waals surface area contributed by atoms with Gasteiger partial charge in [-0.05, 0) is 86.3 Å². The number of carbonyl (C=O) groups is 1. The van der Waals surface area contributed by atoms with E-state index in [2.05, 4.69) is 10.0 Å². The second-order valence-corrected chi connectivity index (χ2v) is 9.91. The van der Waals surface area contributed by atoms with Crippen LogP contribution in [0, 0.1) is 27.7 Å². The van der Waals surface area contributed by atoms with Crippen molar-refractivity contribution in [2.75, 3.05) is 17.9 Å². The van der Waals surface area contributed by atoms with Crippen LogP contribution >= 0.6 is 11.6 Å². The van der Waals surface area contributed by atoms with Crippen molar-refractivity contribution in [1.82, 2.24) is 5.32 Å². The number of halogens is 1. The van der Waals surface area contributed by atoms with E-state index in [4.69, 9.17) is 16.3 Å². The van der Waals surface area contributed by atoms with Crippen LogP contribution in [0.4, 0.5) is 5.69 Å². The number of anilines is 1.